The molecular weight excluding hydrogens is 258 g/mol. The lowest BCUT2D eigenvalue weighted by atomic mass is 10.00. The summed E-state index contributed by atoms with van der Waals surface area (Å²) in [5.74, 6) is -0.119. The number of hydrogen-bond acceptors (Lipinski definition) is 3. The maximum atomic E-state index is 12.2. The molecule has 1 heterocycles. The van der Waals surface area contributed by atoms with Gasteiger partial charge in [0.25, 0.3) is 0 Å². The second-order valence-electron chi connectivity index (χ2n) is 6.15. The van der Waals surface area contributed by atoms with Gasteiger partial charge in [0.15, 0.2) is 0 Å². The van der Waals surface area contributed by atoms with Gasteiger partial charge in [-0.3, -0.25) is 4.90 Å². The zero-order valence-electron chi connectivity index (χ0n) is 12.4. The third-order valence-electron chi connectivity index (χ3n) is 4.43. The minimum atomic E-state index is -1.18. The molecular formula is C14H25N3O3. The molecule has 2 aliphatic rings. The molecule has 1 saturated heterocycles. The first kappa shape index (κ1) is 15.1. The van der Waals surface area contributed by atoms with Crippen LogP contribution in [0.4, 0.5) is 4.79 Å². The van der Waals surface area contributed by atoms with Crippen LogP contribution in [0.5, 0.6) is 0 Å². The Labute approximate surface area is 120 Å². The second-order valence-corrected chi connectivity index (χ2v) is 6.15. The summed E-state index contributed by atoms with van der Waals surface area (Å²) in [6, 6.07) is -0.261. The van der Waals surface area contributed by atoms with E-state index >= 15 is 0 Å². The average molecular weight is 283 g/mol. The number of carbonyl (C=O) groups excluding carboxylic acids is 1. The first-order valence-electron chi connectivity index (χ1n) is 7.47. The highest BCUT2D eigenvalue weighted by atomic mass is 16.4. The Balaban J connectivity index is 1.80. The van der Waals surface area contributed by atoms with Crippen LogP contribution in [0.2, 0.25) is 0 Å². The van der Waals surface area contributed by atoms with E-state index in [1.54, 1.807) is 18.7 Å². The summed E-state index contributed by atoms with van der Waals surface area (Å²) < 4.78 is 0. The first-order valence-corrected chi connectivity index (χ1v) is 7.47. The Bertz CT molecular complexity index is 376. The van der Waals surface area contributed by atoms with Crippen LogP contribution in [0, 0.1) is 5.92 Å². The summed E-state index contributed by atoms with van der Waals surface area (Å²) >= 11 is 0. The van der Waals surface area contributed by atoms with Crippen LogP contribution < -0.4 is 5.32 Å². The van der Waals surface area contributed by atoms with Gasteiger partial charge in [-0.15, -0.1) is 0 Å². The molecule has 1 aliphatic carbocycles. The van der Waals surface area contributed by atoms with Crippen LogP contribution in [0.3, 0.4) is 0 Å². The molecule has 0 radical (unpaired) electrons. The summed E-state index contributed by atoms with van der Waals surface area (Å²) in [7, 11) is 0. The van der Waals surface area contributed by atoms with E-state index < -0.39 is 11.5 Å². The molecule has 114 valence electrons. The van der Waals surface area contributed by atoms with Crippen molar-refractivity contribution in [2.75, 3.05) is 32.7 Å². The number of nitrogens with zero attached hydrogens (tertiary/aromatic N) is 2. The number of nitrogens with one attached hydrogen (secondary N) is 1. The summed E-state index contributed by atoms with van der Waals surface area (Å²) in [6.07, 6.45) is 3.05. The van der Waals surface area contributed by atoms with Gasteiger partial charge >= 0.3 is 12.0 Å². The summed E-state index contributed by atoms with van der Waals surface area (Å²) in [5, 5.41) is 11.8. The van der Waals surface area contributed by atoms with Gasteiger partial charge in [-0.05, 0) is 32.1 Å². The Kier molecular flexibility index (Phi) is 4.52. The topological polar surface area (TPSA) is 72.9 Å². The van der Waals surface area contributed by atoms with Gasteiger partial charge in [0.05, 0.1) is 0 Å². The quantitative estimate of drug-likeness (QED) is 0.789. The van der Waals surface area contributed by atoms with E-state index in [-0.39, 0.29) is 6.03 Å². The highest BCUT2D eigenvalue weighted by Gasteiger charge is 2.35. The minimum Gasteiger partial charge on any atom is -0.480 e. The van der Waals surface area contributed by atoms with Gasteiger partial charge in [0, 0.05) is 32.7 Å². The number of carboxylic acids is 1. The first-order chi connectivity index (χ1) is 9.44. The smallest absolute Gasteiger partial charge is 0.329 e. The highest BCUT2D eigenvalue weighted by Crippen LogP contribution is 2.29. The Morgan fingerprint density at radius 3 is 2.30 bits per heavy atom. The molecule has 6 nitrogen and oxygen atoms in total. The van der Waals surface area contributed by atoms with Gasteiger partial charge in [-0.25, -0.2) is 9.59 Å². The van der Waals surface area contributed by atoms with Crippen molar-refractivity contribution in [1.29, 1.82) is 0 Å². The van der Waals surface area contributed by atoms with E-state index in [1.807, 2.05) is 0 Å². The van der Waals surface area contributed by atoms with Crippen molar-refractivity contribution < 1.29 is 14.7 Å². The van der Waals surface area contributed by atoms with Crippen molar-refractivity contribution in [3.05, 3.63) is 0 Å². The van der Waals surface area contributed by atoms with Crippen molar-refractivity contribution >= 4 is 12.0 Å². The lowest BCUT2D eigenvalue weighted by molar-refractivity contribution is -0.143. The maximum absolute atomic E-state index is 12.2. The maximum Gasteiger partial charge on any atom is 0.329 e. The van der Waals surface area contributed by atoms with Gasteiger partial charge in [0.1, 0.15) is 5.54 Å². The number of amides is 2. The monoisotopic (exact) mass is 283 g/mol. The fraction of sp³-hybridized carbons (Fsp3) is 0.857. The van der Waals surface area contributed by atoms with E-state index in [9.17, 15) is 14.7 Å². The van der Waals surface area contributed by atoms with E-state index in [0.29, 0.717) is 19.5 Å². The number of piperazine rings is 1. The minimum absolute atomic E-state index is 0.261. The molecule has 2 amide bonds. The van der Waals surface area contributed by atoms with Crippen LogP contribution in [-0.4, -0.2) is 65.2 Å². The average Bonchev–Trinajstić information content (AvgIpc) is 3.23. The molecule has 2 N–H and O–H groups in total. The lowest BCUT2D eigenvalue weighted by Crippen LogP contribution is -2.59. The number of hydrogen-bond donors (Lipinski definition) is 2. The molecule has 1 aliphatic heterocycles. The third-order valence-corrected chi connectivity index (χ3v) is 4.43. The van der Waals surface area contributed by atoms with Crippen LogP contribution in [-0.2, 0) is 4.79 Å². The Morgan fingerprint density at radius 1 is 1.25 bits per heavy atom. The lowest BCUT2D eigenvalue weighted by Gasteiger charge is -2.36. The predicted octanol–water partition coefficient (Wildman–Crippen LogP) is 0.977. The molecule has 20 heavy (non-hydrogen) atoms. The molecule has 0 bridgehead atoms. The van der Waals surface area contributed by atoms with Crippen LogP contribution in [0.1, 0.15) is 33.1 Å². The van der Waals surface area contributed by atoms with Gasteiger partial charge in [-0.2, -0.15) is 0 Å². The molecule has 0 spiro atoms. The number of aliphatic carboxylic acids is 1. The molecule has 6 heteroatoms. The normalized spacial score (nSPS) is 23.2. The van der Waals surface area contributed by atoms with E-state index in [0.717, 1.165) is 25.6 Å². The zero-order valence-corrected chi connectivity index (χ0v) is 12.4. The number of urea groups is 1. The SMILES string of the molecule is CCC(C)(NC(=O)N1CCN(CC2CC2)CC1)C(=O)O. The zero-order chi connectivity index (χ0) is 14.8. The molecule has 0 aromatic rings. The number of rotatable bonds is 5. The van der Waals surface area contributed by atoms with Crippen molar-refractivity contribution in [3.63, 3.8) is 0 Å². The molecule has 1 unspecified atom stereocenters. The molecule has 1 atom stereocenters. The molecule has 2 rings (SSSR count). The fourth-order valence-corrected chi connectivity index (χ4v) is 2.41. The fourth-order valence-electron chi connectivity index (χ4n) is 2.41. The van der Waals surface area contributed by atoms with Gasteiger partial charge in [0.2, 0.25) is 0 Å². The van der Waals surface area contributed by atoms with Crippen molar-refractivity contribution in [1.82, 2.24) is 15.1 Å². The standard InChI is InChI=1S/C14H25N3O3/c1-3-14(2,12(18)19)15-13(20)17-8-6-16(7-9-17)10-11-4-5-11/h11H,3-10H2,1-2H3,(H,15,20)(H,18,19). The number of carbonyl (C=O) groups is 2. The number of carboxylic acid groups (broad SMARTS) is 1. The highest BCUT2D eigenvalue weighted by molar-refractivity contribution is 5.85. The molecule has 0 aromatic carbocycles. The second kappa shape index (κ2) is 5.99. The third kappa shape index (κ3) is 3.62. The van der Waals surface area contributed by atoms with Gasteiger partial charge < -0.3 is 15.3 Å². The van der Waals surface area contributed by atoms with Crippen LogP contribution in [0.25, 0.3) is 0 Å². The van der Waals surface area contributed by atoms with E-state index in [2.05, 4.69) is 10.2 Å². The van der Waals surface area contributed by atoms with Crippen molar-refractivity contribution in [2.24, 2.45) is 5.92 Å². The van der Waals surface area contributed by atoms with E-state index in [1.165, 1.54) is 12.8 Å². The van der Waals surface area contributed by atoms with Crippen molar-refractivity contribution in [2.45, 2.75) is 38.6 Å². The van der Waals surface area contributed by atoms with Crippen LogP contribution >= 0.6 is 0 Å². The predicted molar refractivity (Wildman–Crippen MR) is 75.6 cm³/mol. The summed E-state index contributed by atoms with van der Waals surface area (Å²) in [4.78, 5) is 27.5. The molecule has 0 aromatic heterocycles. The molecule has 2 fully saturated rings. The van der Waals surface area contributed by atoms with Crippen LogP contribution in [0.15, 0.2) is 0 Å². The van der Waals surface area contributed by atoms with Gasteiger partial charge in [-0.1, -0.05) is 6.92 Å². The summed E-state index contributed by atoms with van der Waals surface area (Å²) in [6.45, 7) is 7.60. The molecule has 1 saturated carbocycles. The summed E-state index contributed by atoms with van der Waals surface area (Å²) in [5.41, 5.74) is -1.18. The Morgan fingerprint density at radius 2 is 1.85 bits per heavy atom. The Hall–Kier alpha value is -1.30. The van der Waals surface area contributed by atoms with Crippen molar-refractivity contribution in [3.8, 4) is 0 Å². The van der Waals surface area contributed by atoms with E-state index in [4.69, 9.17) is 0 Å². The largest absolute Gasteiger partial charge is 0.480 e.